The Labute approximate surface area is 229 Å². The van der Waals surface area contributed by atoms with E-state index in [0.29, 0.717) is 34.8 Å². The third-order valence-electron chi connectivity index (χ3n) is 6.68. The first-order valence-corrected chi connectivity index (χ1v) is 13.7. The van der Waals surface area contributed by atoms with Crippen LogP contribution in [0.25, 0.3) is 10.9 Å². The minimum atomic E-state index is -0.305. The second kappa shape index (κ2) is 11.9. The zero-order chi connectivity index (χ0) is 26.5. The molecule has 4 aromatic rings. The predicted octanol–water partition coefficient (Wildman–Crippen LogP) is 7.21. The summed E-state index contributed by atoms with van der Waals surface area (Å²) in [4.78, 5) is 18.4. The molecule has 196 valence electrons. The molecule has 8 heteroatoms. The molecule has 0 saturated heterocycles. The zero-order valence-electron chi connectivity index (χ0n) is 21.2. The van der Waals surface area contributed by atoms with Gasteiger partial charge in [-0.1, -0.05) is 47.3 Å². The molecule has 0 spiro atoms. The molecule has 3 aromatic carbocycles. The van der Waals surface area contributed by atoms with E-state index < -0.39 is 0 Å². The lowest BCUT2D eigenvalue weighted by Crippen LogP contribution is -2.25. The number of halogens is 2. The Kier molecular flexibility index (Phi) is 8.17. The maximum atomic E-state index is 13.5. The van der Waals surface area contributed by atoms with Crippen LogP contribution in [0.4, 0.5) is 4.39 Å². The van der Waals surface area contributed by atoms with Crippen LogP contribution in [0, 0.1) is 5.82 Å². The van der Waals surface area contributed by atoms with Crippen molar-refractivity contribution in [2.24, 2.45) is 5.10 Å². The minimum absolute atomic E-state index is 0.187. The van der Waals surface area contributed by atoms with Gasteiger partial charge in [0.1, 0.15) is 18.2 Å². The van der Waals surface area contributed by atoms with Crippen LogP contribution in [0.1, 0.15) is 61.9 Å². The molecule has 0 unspecified atom stereocenters. The maximum Gasteiger partial charge on any atom is 0.282 e. The van der Waals surface area contributed by atoms with Crippen molar-refractivity contribution >= 4 is 33.0 Å². The van der Waals surface area contributed by atoms with Crippen LogP contribution in [0.15, 0.2) is 75.0 Å². The van der Waals surface area contributed by atoms with Gasteiger partial charge in [0.05, 0.1) is 23.7 Å². The van der Waals surface area contributed by atoms with Crippen LogP contribution >= 0.6 is 15.9 Å². The number of rotatable bonds is 8. The Morgan fingerprint density at radius 1 is 1.05 bits per heavy atom. The number of hydrogen-bond donors (Lipinski definition) is 0. The number of hydrogen-bond acceptors (Lipinski definition) is 5. The Hall–Kier alpha value is -3.52. The topological polar surface area (TPSA) is 65.7 Å². The Balaban J connectivity index is 1.47. The fourth-order valence-electron chi connectivity index (χ4n) is 4.81. The van der Waals surface area contributed by atoms with Crippen molar-refractivity contribution in [1.29, 1.82) is 0 Å². The molecule has 5 rings (SSSR count). The summed E-state index contributed by atoms with van der Waals surface area (Å²) in [6.07, 6.45) is 7.09. The Morgan fingerprint density at radius 3 is 2.68 bits per heavy atom. The largest absolute Gasteiger partial charge is 0.490 e. The number of fused-ring (bicyclic) bond motifs is 1. The average Bonchev–Trinajstić information content (AvgIpc) is 2.93. The van der Waals surface area contributed by atoms with E-state index in [0.717, 1.165) is 41.3 Å². The molecule has 1 fully saturated rings. The number of ether oxygens (including phenoxy) is 2. The van der Waals surface area contributed by atoms with Gasteiger partial charge in [0.15, 0.2) is 11.5 Å². The second-order valence-electron chi connectivity index (χ2n) is 9.39. The molecule has 1 aliphatic rings. The maximum absolute atomic E-state index is 13.5. The summed E-state index contributed by atoms with van der Waals surface area (Å²) in [5.41, 5.74) is 1.97. The van der Waals surface area contributed by atoms with Gasteiger partial charge in [-0.25, -0.2) is 9.37 Å². The van der Waals surface area contributed by atoms with Crippen LogP contribution < -0.4 is 15.0 Å². The SMILES string of the molecule is CCOc1cc(C=Nn2c(C3CCCCC3)nc3ccc(Br)cc3c2=O)ccc1OCc1cccc(F)c1. The first-order chi connectivity index (χ1) is 18.5. The highest BCUT2D eigenvalue weighted by Gasteiger charge is 2.22. The molecule has 0 aliphatic heterocycles. The highest BCUT2D eigenvalue weighted by molar-refractivity contribution is 9.10. The van der Waals surface area contributed by atoms with Crippen molar-refractivity contribution < 1.29 is 13.9 Å². The lowest BCUT2D eigenvalue weighted by atomic mass is 9.88. The first-order valence-electron chi connectivity index (χ1n) is 12.9. The summed E-state index contributed by atoms with van der Waals surface area (Å²) in [5.74, 6) is 1.69. The molecule has 1 heterocycles. The Bertz CT molecular complexity index is 1530. The number of nitrogens with zero attached hydrogens (tertiary/aromatic N) is 3. The summed E-state index contributed by atoms with van der Waals surface area (Å²) < 4.78 is 27.5. The fourth-order valence-corrected chi connectivity index (χ4v) is 5.17. The summed E-state index contributed by atoms with van der Waals surface area (Å²) in [7, 11) is 0. The van der Waals surface area contributed by atoms with E-state index in [1.807, 2.05) is 37.3 Å². The third kappa shape index (κ3) is 5.96. The molecule has 0 amide bonds. The van der Waals surface area contributed by atoms with Crippen LogP contribution in [0.5, 0.6) is 11.5 Å². The van der Waals surface area contributed by atoms with Crippen molar-refractivity contribution in [2.45, 2.75) is 51.6 Å². The molecule has 1 aromatic heterocycles. The van der Waals surface area contributed by atoms with Crippen LogP contribution in [-0.2, 0) is 6.61 Å². The molecule has 6 nitrogen and oxygen atoms in total. The van der Waals surface area contributed by atoms with Crippen molar-refractivity contribution in [3.05, 3.63) is 98.3 Å². The van der Waals surface area contributed by atoms with Crippen molar-refractivity contribution in [2.75, 3.05) is 6.61 Å². The van der Waals surface area contributed by atoms with Crippen LogP contribution in [0.2, 0.25) is 0 Å². The standard InChI is InChI=1S/C30H29BrFN3O3/c1-2-37-28-16-20(11-14-27(28)38-19-21-7-6-10-24(32)15-21)18-33-35-29(22-8-4-3-5-9-22)34-26-13-12-23(31)17-25(26)30(35)36/h6-7,10-18,22H,2-5,8-9,19H2,1H3. The average molecular weight is 578 g/mol. The van der Waals surface area contributed by atoms with Gasteiger partial charge in [0, 0.05) is 10.4 Å². The minimum Gasteiger partial charge on any atom is -0.490 e. The van der Waals surface area contributed by atoms with Gasteiger partial charge in [0.2, 0.25) is 0 Å². The molecular formula is C30H29BrFN3O3. The van der Waals surface area contributed by atoms with E-state index in [4.69, 9.17) is 14.5 Å². The smallest absolute Gasteiger partial charge is 0.282 e. The lowest BCUT2D eigenvalue weighted by molar-refractivity contribution is 0.269. The fraction of sp³-hybridized carbons (Fsp3) is 0.300. The summed E-state index contributed by atoms with van der Waals surface area (Å²) >= 11 is 3.46. The molecule has 0 atom stereocenters. The van der Waals surface area contributed by atoms with E-state index >= 15 is 0 Å². The van der Waals surface area contributed by atoms with Gasteiger partial charge in [-0.15, -0.1) is 0 Å². The van der Waals surface area contributed by atoms with Gasteiger partial charge in [-0.05, 0) is 79.4 Å². The second-order valence-corrected chi connectivity index (χ2v) is 10.3. The first kappa shape index (κ1) is 26.1. The van der Waals surface area contributed by atoms with E-state index in [-0.39, 0.29) is 23.9 Å². The van der Waals surface area contributed by atoms with Crippen LogP contribution in [-0.4, -0.2) is 22.5 Å². The highest BCUT2D eigenvalue weighted by atomic mass is 79.9. The van der Waals surface area contributed by atoms with E-state index in [1.54, 1.807) is 24.4 Å². The van der Waals surface area contributed by atoms with Crippen molar-refractivity contribution in [3.63, 3.8) is 0 Å². The quantitative estimate of drug-likeness (QED) is 0.207. The molecule has 0 bridgehead atoms. The monoisotopic (exact) mass is 577 g/mol. The summed E-state index contributed by atoms with van der Waals surface area (Å²) in [6, 6.07) is 17.3. The molecule has 38 heavy (non-hydrogen) atoms. The van der Waals surface area contributed by atoms with Gasteiger partial charge in [-0.2, -0.15) is 9.78 Å². The van der Waals surface area contributed by atoms with E-state index in [1.165, 1.54) is 23.2 Å². The van der Waals surface area contributed by atoms with Gasteiger partial charge in [-0.3, -0.25) is 4.79 Å². The molecule has 1 saturated carbocycles. The molecule has 0 N–H and O–H groups in total. The normalized spacial score (nSPS) is 14.3. The number of aromatic nitrogens is 2. The number of benzene rings is 3. The lowest BCUT2D eigenvalue weighted by Gasteiger charge is -2.22. The Morgan fingerprint density at radius 2 is 1.89 bits per heavy atom. The van der Waals surface area contributed by atoms with E-state index in [9.17, 15) is 9.18 Å². The summed E-state index contributed by atoms with van der Waals surface area (Å²) in [6.45, 7) is 2.56. The van der Waals surface area contributed by atoms with E-state index in [2.05, 4.69) is 21.0 Å². The molecule has 0 radical (unpaired) electrons. The molecular weight excluding hydrogens is 549 g/mol. The third-order valence-corrected chi connectivity index (χ3v) is 7.17. The molecule has 1 aliphatic carbocycles. The summed E-state index contributed by atoms with van der Waals surface area (Å²) in [5, 5.41) is 5.15. The predicted molar refractivity (Wildman–Crippen MR) is 151 cm³/mol. The van der Waals surface area contributed by atoms with Crippen molar-refractivity contribution in [3.8, 4) is 11.5 Å². The van der Waals surface area contributed by atoms with Gasteiger partial charge < -0.3 is 9.47 Å². The zero-order valence-corrected chi connectivity index (χ0v) is 22.8. The van der Waals surface area contributed by atoms with Crippen LogP contribution in [0.3, 0.4) is 0 Å². The van der Waals surface area contributed by atoms with Crippen molar-refractivity contribution in [1.82, 2.24) is 9.66 Å². The van der Waals surface area contributed by atoms with Gasteiger partial charge in [0.25, 0.3) is 5.56 Å². The van der Waals surface area contributed by atoms with Gasteiger partial charge >= 0.3 is 0 Å². The highest BCUT2D eigenvalue weighted by Crippen LogP contribution is 2.32.